The molecule has 0 aliphatic carbocycles. The Hall–Kier alpha value is -0.870. The van der Waals surface area contributed by atoms with Crippen molar-refractivity contribution in [1.82, 2.24) is 15.5 Å². The minimum absolute atomic E-state index is 0.0287. The fourth-order valence-electron chi connectivity index (χ4n) is 6.07. The number of allylic oxidation sites excluding steroid dienone is 2. The Kier molecular flexibility index (Phi) is 35.9. The number of hydrogen-bond donors (Lipinski definition) is 2. The van der Waals surface area contributed by atoms with Gasteiger partial charge in [0.05, 0.1) is 6.04 Å². The van der Waals surface area contributed by atoms with Gasteiger partial charge in [-0.3, -0.25) is 4.79 Å². The van der Waals surface area contributed by atoms with E-state index in [2.05, 4.69) is 55.6 Å². The van der Waals surface area contributed by atoms with Crippen molar-refractivity contribution in [1.29, 1.82) is 0 Å². The van der Waals surface area contributed by atoms with E-state index in [9.17, 15) is 4.79 Å². The topological polar surface area (TPSA) is 44.4 Å². The highest BCUT2D eigenvalue weighted by atomic mass is 16.2. The van der Waals surface area contributed by atoms with Crippen LogP contribution in [0.2, 0.25) is 0 Å². The number of hydrogen-bond acceptors (Lipinski definition) is 3. The van der Waals surface area contributed by atoms with Crippen molar-refractivity contribution in [2.75, 3.05) is 33.7 Å². The Labute approximate surface area is 277 Å². The maximum atomic E-state index is 13.0. The van der Waals surface area contributed by atoms with Gasteiger partial charge in [0.25, 0.3) is 0 Å². The van der Waals surface area contributed by atoms with Crippen LogP contribution in [0.3, 0.4) is 0 Å². The molecule has 44 heavy (non-hydrogen) atoms. The number of amides is 1. The fourth-order valence-corrected chi connectivity index (χ4v) is 6.07. The van der Waals surface area contributed by atoms with E-state index in [1.54, 1.807) is 0 Å². The Morgan fingerprint density at radius 2 is 0.932 bits per heavy atom. The molecule has 0 radical (unpaired) electrons. The first kappa shape index (κ1) is 43.1. The molecule has 0 spiro atoms. The van der Waals surface area contributed by atoms with Gasteiger partial charge in [0.1, 0.15) is 0 Å². The number of unbranched alkanes of at least 4 members (excludes halogenated alkanes) is 24. The van der Waals surface area contributed by atoms with Gasteiger partial charge in [0.15, 0.2) is 0 Å². The van der Waals surface area contributed by atoms with Crippen LogP contribution >= 0.6 is 0 Å². The van der Waals surface area contributed by atoms with Gasteiger partial charge < -0.3 is 15.5 Å². The summed E-state index contributed by atoms with van der Waals surface area (Å²) in [5, 5.41) is 6.84. The van der Waals surface area contributed by atoms with Crippen molar-refractivity contribution >= 4 is 5.91 Å². The zero-order chi connectivity index (χ0) is 32.2. The van der Waals surface area contributed by atoms with E-state index in [-0.39, 0.29) is 11.9 Å². The second-order valence-corrected chi connectivity index (χ2v) is 13.9. The quantitative estimate of drug-likeness (QED) is 0.0541. The number of nitrogens with one attached hydrogen (secondary N) is 2. The molecule has 0 aliphatic heterocycles. The van der Waals surface area contributed by atoms with Crippen LogP contribution in [0.25, 0.3) is 0 Å². The first-order valence-corrected chi connectivity index (χ1v) is 19.9. The summed E-state index contributed by atoms with van der Waals surface area (Å²) in [5.41, 5.74) is 0. The molecule has 2 N–H and O–H groups in total. The summed E-state index contributed by atoms with van der Waals surface area (Å²) in [5.74, 6) is 0.224. The van der Waals surface area contributed by atoms with Crippen molar-refractivity contribution in [3.05, 3.63) is 12.2 Å². The van der Waals surface area contributed by atoms with E-state index in [1.165, 1.54) is 161 Å². The first-order chi connectivity index (χ1) is 21.6. The second kappa shape index (κ2) is 36.6. The minimum Gasteiger partial charge on any atom is -0.355 e. The lowest BCUT2D eigenvalue weighted by Gasteiger charge is -2.19. The third-order valence-corrected chi connectivity index (χ3v) is 9.07. The summed E-state index contributed by atoms with van der Waals surface area (Å²) in [6.45, 7) is 7.39. The van der Waals surface area contributed by atoms with Crippen molar-refractivity contribution in [2.45, 2.75) is 206 Å². The molecule has 0 heterocycles. The molecule has 1 amide bonds. The monoisotopic (exact) mass is 620 g/mol. The molecular weight excluding hydrogens is 538 g/mol. The predicted octanol–water partition coefficient (Wildman–Crippen LogP) is 11.5. The number of carbonyl (C=O) groups is 1. The molecule has 262 valence electrons. The maximum Gasteiger partial charge on any atom is 0.237 e. The molecule has 4 nitrogen and oxygen atoms in total. The van der Waals surface area contributed by atoms with E-state index in [0.717, 1.165) is 45.3 Å². The highest BCUT2D eigenvalue weighted by Gasteiger charge is 2.16. The van der Waals surface area contributed by atoms with Crippen molar-refractivity contribution in [2.24, 2.45) is 0 Å². The first-order valence-electron chi connectivity index (χ1n) is 19.9. The number of rotatable bonds is 36. The molecule has 0 rings (SSSR count). The van der Waals surface area contributed by atoms with Gasteiger partial charge in [0, 0.05) is 6.54 Å². The Balaban J connectivity index is 3.86. The van der Waals surface area contributed by atoms with Crippen molar-refractivity contribution in [3.63, 3.8) is 0 Å². The smallest absolute Gasteiger partial charge is 0.237 e. The largest absolute Gasteiger partial charge is 0.355 e. The van der Waals surface area contributed by atoms with Crippen LogP contribution in [0.15, 0.2) is 12.2 Å². The zero-order valence-electron chi connectivity index (χ0n) is 30.7. The Morgan fingerprint density at radius 3 is 1.39 bits per heavy atom. The zero-order valence-corrected chi connectivity index (χ0v) is 30.7. The van der Waals surface area contributed by atoms with Crippen LogP contribution in [0.1, 0.15) is 200 Å². The maximum absolute atomic E-state index is 13.0. The average molecular weight is 620 g/mol. The summed E-state index contributed by atoms with van der Waals surface area (Å²) < 4.78 is 0. The molecular formula is C40H81N3O. The fraction of sp³-hybridized carbons (Fsp3) is 0.925. The summed E-state index contributed by atoms with van der Waals surface area (Å²) in [6, 6.07) is -0.0287. The van der Waals surface area contributed by atoms with Crippen molar-refractivity contribution < 1.29 is 4.79 Å². The summed E-state index contributed by atoms with van der Waals surface area (Å²) in [7, 11) is 4.24. The van der Waals surface area contributed by atoms with E-state index in [4.69, 9.17) is 0 Å². The van der Waals surface area contributed by atoms with Gasteiger partial charge in [-0.25, -0.2) is 0 Å². The van der Waals surface area contributed by atoms with Crippen LogP contribution in [-0.2, 0) is 4.79 Å². The Morgan fingerprint density at radius 1 is 0.523 bits per heavy atom. The molecule has 0 saturated carbocycles. The van der Waals surface area contributed by atoms with E-state index in [1.807, 2.05) is 0 Å². The van der Waals surface area contributed by atoms with Gasteiger partial charge in [-0.05, 0) is 72.1 Å². The lowest BCUT2D eigenvalue weighted by Crippen LogP contribution is -2.45. The molecule has 1 atom stereocenters. The lowest BCUT2D eigenvalue weighted by atomic mass is 10.0. The standard InChI is InChI=1S/C40H81N3O/c1-5-7-9-11-13-15-17-19-20-21-23-25-27-29-31-33-36-42-40(44)39(41-37-34-38-43(3)4)35-32-30-28-26-24-22-18-16-14-12-10-8-6-2/h19-20,39,41H,5-18,21-38H2,1-4H3,(H,42,44)/b20-19-. The van der Waals surface area contributed by atoms with E-state index >= 15 is 0 Å². The minimum atomic E-state index is -0.0287. The van der Waals surface area contributed by atoms with E-state index < -0.39 is 0 Å². The third kappa shape index (κ3) is 34.0. The summed E-state index contributed by atoms with van der Waals surface area (Å²) in [6.07, 6.45) is 43.1. The molecule has 0 aromatic carbocycles. The summed E-state index contributed by atoms with van der Waals surface area (Å²) in [4.78, 5) is 15.2. The van der Waals surface area contributed by atoms with Gasteiger partial charge in [0.2, 0.25) is 5.91 Å². The van der Waals surface area contributed by atoms with Gasteiger partial charge >= 0.3 is 0 Å². The van der Waals surface area contributed by atoms with Gasteiger partial charge in [-0.2, -0.15) is 0 Å². The van der Waals surface area contributed by atoms with Gasteiger partial charge in [-0.15, -0.1) is 0 Å². The van der Waals surface area contributed by atoms with Crippen molar-refractivity contribution in [3.8, 4) is 0 Å². The molecule has 4 heteroatoms. The SMILES string of the molecule is CCCCCCCC/C=C\CCCCCCCCNC(=O)C(CCCCCCCCCCCCCCC)NCCCN(C)C. The lowest BCUT2D eigenvalue weighted by molar-refractivity contribution is -0.123. The third-order valence-electron chi connectivity index (χ3n) is 9.07. The average Bonchev–Trinajstić information content (AvgIpc) is 3.01. The molecule has 0 bridgehead atoms. The number of carbonyl (C=O) groups excluding carboxylic acids is 1. The van der Waals surface area contributed by atoms with Gasteiger partial charge in [-0.1, -0.05) is 167 Å². The van der Waals surface area contributed by atoms with Crippen LogP contribution in [-0.4, -0.2) is 50.6 Å². The highest BCUT2D eigenvalue weighted by Crippen LogP contribution is 2.14. The summed E-state index contributed by atoms with van der Waals surface area (Å²) >= 11 is 0. The van der Waals surface area contributed by atoms with Crippen LogP contribution in [0.4, 0.5) is 0 Å². The molecule has 0 aliphatic rings. The molecule has 1 unspecified atom stereocenters. The predicted molar refractivity (Wildman–Crippen MR) is 198 cm³/mol. The van der Waals surface area contributed by atoms with Crippen LogP contribution in [0, 0.1) is 0 Å². The normalized spacial score (nSPS) is 12.5. The molecule has 0 aromatic rings. The molecule has 0 fully saturated rings. The second-order valence-electron chi connectivity index (χ2n) is 13.9. The van der Waals surface area contributed by atoms with Crippen LogP contribution < -0.4 is 10.6 Å². The highest BCUT2D eigenvalue weighted by molar-refractivity contribution is 5.81. The Bertz CT molecular complexity index is 591. The van der Waals surface area contributed by atoms with E-state index in [0.29, 0.717) is 0 Å². The molecule has 0 saturated heterocycles. The number of nitrogens with zero attached hydrogens (tertiary/aromatic N) is 1. The van der Waals surface area contributed by atoms with Crippen LogP contribution in [0.5, 0.6) is 0 Å². The molecule has 0 aromatic heterocycles.